The first kappa shape index (κ1) is 28.4. The molecule has 0 aliphatic carbocycles. The SMILES string of the molecule is CCCCCCCCCCCCCCCCn1c(CCCNC(=O)COC)nc2ccccc21. The number of hydrogen-bond acceptors (Lipinski definition) is 3. The van der Waals surface area contributed by atoms with Crippen LogP contribution in [0, 0.1) is 0 Å². The van der Waals surface area contributed by atoms with Crippen molar-refractivity contribution in [3.63, 3.8) is 0 Å². The van der Waals surface area contributed by atoms with Gasteiger partial charge in [0.2, 0.25) is 5.91 Å². The van der Waals surface area contributed by atoms with Gasteiger partial charge in [0.05, 0.1) is 11.0 Å². The Kier molecular flexibility index (Phi) is 15.4. The molecule has 2 aromatic rings. The number of aromatic nitrogens is 2. The van der Waals surface area contributed by atoms with Crippen molar-refractivity contribution >= 4 is 16.9 Å². The van der Waals surface area contributed by atoms with Gasteiger partial charge in [0.1, 0.15) is 12.4 Å². The number of amides is 1. The summed E-state index contributed by atoms with van der Waals surface area (Å²) in [5, 5.41) is 2.90. The van der Waals surface area contributed by atoms with Crippen molar-refractivity contribution in [3.05, 3.63) is 30.1 Å². The number of aryl methyl sites for hydroxylation is 2. The van der Waals surface area contributed by atoms with Crippen LogP contribution in [0.25, 0.3) is 11.0 Å². The molecule has 0 bridgehead atoms. The Morgan fingerprint density at radius 1 is 0.853 bits per heavy atom. The molecule has 1 heterocycles. The number of unbranched alkanes of at least 4 members (excludes halogenated alkanes) is 13. The van der Waals surface area contributed by atoms with E-state index in [-0.39, 0.29) is 12.5 Å². The fourth-order valence-corrected chi connectivity index (χ4v) is 4.69. The minimum Gasteiger partial charge on any atom is -0.375 e. The number of nitrogens with zero attached hydrogens (tertiary/aromatic N) is 2. The highest BCUT2D eigenvalue weighted by Crippen LogP contribution is 2.19. The molecule has 1 aromatic carbocycles. The average Bonchev–Trinajstić information content (AvgIpc) is 3.19. The summed E-state index contributed by atoms with van der Waals surface area (Å²) in [7, 11) is 1.54. The van der Waals surface area contributed by atoms with Crippen molar-refractivity contribution < 1.29 is 9.53 Å². The lowest BCUT2D eigenvalue weighted by molar-refractivity contribution is -0.124. The number of rotatable bonds is 21. The van der Waals surface area contributed by atoms with Gasteiger partial charge in [0, 0.05) is 26.6 Å². The summed E-state index contributed by atoms with van der Waals surface area (Å²) in [4.78, 5) is 16.4. The lowest BCUT2D eigenvalue weighted by atomic mass is 10.0. The van der Waals surface area contributed by atoms with Crippen molar-refractivity contribution in [2.45, 2.75) is 116 Å². The minimum atomic E-state index is -0.0570. The number of para-hydroxylation sites is 2. The van der Waals surface area contributed by atoms with E-state index < -0.39 is 0 Å². The monoisotopic (exact) mass is 471 g/mol. The molecular weight excluding hydrogens is 422 g/mol. The molecular formula is C29H49N3O2. The second-order valence-electron chi connectivity index (χ2n) is 9.65. The van der Waals surface area contributed by atoms with Crippen molar-refractivity contribution in [3.8, 4) is 0 Å². The van der Waals surface area contributed by atoms with Crippen LogP contribution in [-0.2, 0) is 22.5 Å². The predicted molar refractivity (Wildman–Crippen MR) is 143 cm³/mol. The second-order valence-corrected chi connectivity index (χ2v) is 9.65. The van der Waals surface area contributed by atoms with Crippen molar-refractivity contribution in [1.29, 1.82) is 0 Å². The van der Waals surface area contributed by atoms with E-state index in [0.717, 1.165) is 30.7 Å². The average molecular weight is 472 g/mol. The molecule has 192 valence electrons. The number of carbonyl (C=O) groups is 1. The molecule has 5 nitrogen and oxygen atoms in total. The molecule has 0 fully saturated rings. The van der Waals surface area contributed by atoms with Gasteiger partial charge in [-0.3, -0.25) is 4.79 Å². The maximum Gasteiger partial charge on any atom is 0.245 e. The van der Waals surface area contributed by atoms with E-state index in [1.165, 1.54) is 95.4 Å². The molecule has 0 saturated heterocycles. The molecule has 1 N–H and O–H groups in total. The van der Waals surface area contributed by atoms with Crippen LogP contribution in [0.15, 0.2) is 24.3 Å². The standard InChI is InChI=1S/C29H49N3O2/c1-3-4-5-6-7-8-9-10-11-12-13-14-15-18-24-32-27-21-17-16-20-26(27)31-28(32)22-19-23-30-29(33)25-34-2/h16-17,20-21H,3-15,18-19,22-25H2,1-2H3,(H,30,33). The highest BCUT2D eigenvalue weighted by molar-refractivity contribution is 5.77. The molecule has 0 aliphatic heterocycles. The molecule has 1 amide bonds. The third-order valence-electron chi connectivity index (χ3n) is 6.64. The summed E-state index contributed by atoms with van der Waals surface area (Å²) in [6.45, 7) is 4.10. The Balaban J connectivity index is 1.60. The first-order valence-corrected chi connectivity index (χ1v) is 14.0. The molecule has 0 spiro atoms. The zero-order valence-electron chi connectivity index (χ0n) is 22.0. The van der Waals surface area contributed by atoms with Gasteiger partial charge in [-0.25, -0.2) is 4.98 Å². The number of hydrogen-bond donors (Lipinski definition) is 1. The summed E-state index contributed by atoms with van der Waals surface area (Å²) >= 11 is 0. The van der Waals surface area contributed by atoms with Gasteiger partial charge in [0.15, 0.2) is 0 Å². The highest BCUT2D eigenvalue weighted by atomic mass is 16.5. The lowest BCUT2D eigenvalue weighted by Crippen LogP contribution is -2.28. The molecule has 2 rings (SSSR count). The van der Waals surface area contributed by atoms with E-state index in [1.807, 2.05) is 0 Å². The van der Waals surface area contributed by atoms with E-state index in [4.69, 9.17) is 9.72 Å². The Morgan fingerprint density at radius 2 is 1.44 bits per heavy atom. The van der Waals surface area contributed by atoms with Gasteiger partial charge in [-0.05, 0) is 25.0 Å². The summed E-state index contributed by atoms with van der Waals surface area (Å²) in [6.07, 6.45) is 21.1. The predicted octanol–water partition coefficient (Wildman–Crippen LogP) is 7.21. The van der Waals surface area contributed by atoms with Crippen LogP contribution in [0.3, 0.4) is 0 Å². The van der Waals surface area contributed by atoms with Crippen molar-refractivity contribution in [2.75, 3.05) is 20.3 Å². The Morgan fingerprint density at radius 3 is 2.06 bits per heavy atom. The summed E-state index contributed by atoms with van der Waals surface area (Å²) < 4.78 is 7.26. The number of nitrogens with one attached hydrogen (secondary N) is 1. The molecule has 34 heavy (non-hydrogen) atoms. The van der Waals surface area contributed by atoms with Gasteiger partial charge in [-0.15, -0.1) is 0 Å². The second kappa shape index (κ2) is 18.4. The Hall–Kier alpha value is -1.88. The first-order chi connectivity index (χ1) is 16.8. The van der Waals surface area contributed by atoms with E-state index in [9.17, 15) is 4.79 Å². The molecule has 0 radical (unpaired) electrons. The van der Waals surface area contributed by atoms with Crippen molar-refractivity contribution in [1.82, 2.24) is 14.9 Å². The largest absolute Gasteiger partial charge is 0.375 e. The third kappa shape index (κ3) is 11.5. The summed E-state index contributed by atoms with van der Waals surface area (Å²) in [6, 6.07) is 8.43. The lowest BCUT2D eigenvalue weighted by Gasteiger charge is -2.10. The maximum absolute atomic E-state index is 11.6. The minimum absolute atomic E-state index is 0.0570. The van der Waals surface area contributed by atoms with Crippen LogP contribution in [0.2, 0.25) is 0 Å². The van der Waals surface area contributed by atoms with E-state index >= 15 is 0 Å². The summed E-state index contributed by atoms with van der Waals surface area (Å²) in [5.74, 6) is 1.08. The van der Waals surface area contributed by atoms with Crippen LogP contribution >= 0.6 is 0 Å². The van der Waals surface area contributed by atoms with E-state index in [2.05, 4.69) is 41.1 Å². The fourth-order valence-electron chi connectivity index (χ4n) is 4.69. The van der Waals surface area contributed by atoms with Crippen LogP contribution in [-0.4, -0.2) is 35.7 Å². The first-order valence-electron chi connectivity index (χ1n) is 14.0. The number of carbonyl (C=O) groups excluding carboxylic acids is 1. The van der Waals surface area contributed by atoms with Crippen LogP contribution < -0.4 is 5.32 Å². The molecule has 5 heteroatoms. The molecule has 0 atom stereocenters. The van der Waals surface area contributed by atoms with Crippen molar-refractivity contribution in [2.24, 2.45) is 0 Å². The molecule has 1 aromatic heterocycles. The maximum atomic E-state index is 11.6. The zero-order valence-corrected chi connectivity index (χ0v) is 22.0. The fraction of sp³-hybridized carbons (Fsp3) is 0.724. The third-order valence-corrected chi connectivity index (χ3v) is 6.64. The van der Waals surface area contributed by atoms with E-state index in [1.54, 1.807) is 7.11 Å². The smallest absolute Gasteiger partial charge is 0.245 e. The quantitative estimate of drug-likeness (QED) is 0.196. The van der Waals surface area contributed by atoms with Crippen LogP contribution in [0.4, 0.5) is 0 Å². The highest BCUT2D eigenvalue weighted by Gasteiger charge is 2.10. The normalized spacial score (nSPS) is 11.4. The molecule has 0 unspecified atom stereocenters. The topological polar surface area (TPSA) is 56.2 Å². The zero-order chi connectivity index (χ0) is 24.3. The number of imidazole rings is 1. The van der Waals surface area contributed by atoms with E-state index in [0.29, 0.717) is 6.54 Å². The Bertz CT molecular complexity index is 787. The van der Waals surface area contributed by atoms with Gasteiger partial charge in [0.25, 0.3) is 0 Å². The number of benzene rings is 1. The van der Waals surface area contributed by atoms with Gasteiger partial charge in [-0.2, -0.15) is 0 Å². The van der Waals surface area contributed by atoms with Gasteiger partial charge < -0.3 is 14.6 Å². The van der Waals surface area contributed by atoms with Gasteiger partial charge >= 0.3 is 0 Å². The molecule has 0 saturated carbocycles. The number of methoxy groups -OCH3 is 1. The number of fused-ring (bicyclic) bond motifs is 1. The number of ether oxygens (including phenoxy) is 1. The molecule has 0 aliphatic rings. The Labute approximate surface area is 208 Å². The van der Waals surface area contributed by atoms with Gasteiger partial charge in [-0.1, -0.05) is 103 Å². The van der Waals surface area contributed by atoms with Crippen LogP contribution in [0.5, 0.6) is 0 Å². The summed E-state index contributed by atoms with van der Waals surface area (Å²) in [5.41, 5.74) is 2.31. The van der Waals surface area contributed by atoms with Crippen LogP contribution in [0.1, 0.15) is 109 Å².